The van der Waals surface area contributed by atoms with Crippen molar-refractivity contribution in [1.82, 2.24) is 20.9 Å². The van der Waals surface area contributed by atoms with Crippen molar-refractivity contribution in [3.63, 3.8) is 0 Å². The fourth-order valence-corrected chi connectivity index (χ4v) is 6.02. The van der Waals surface area contributed by atoms with Gasteiger partial charge in [-0.2, -0.15) is 13.2 Å². The number of anilines is 1. The van der Waals surface area contributed by atoms with Gasteiger partial charge in [-0.3, -0.25) is 14.4 Å². The van der Waals surface area contributed by atoms with Crippen LogP contribution in [0.5, 0.6) is 5.75 Å². The molecule has 4 atom stereocenters. The average molecular weight is 684 g/mol. The molecule has 0 aromatic heterocycles. The van der Waals surface area contributed by atoms with Crippen LogP contribution in [0.3, 0.4) is 0 Å². The predicted molar refractivity (Wildman–Crippen MR) is 171 cm³/mol. The lowest BCUT2D eigenvalue weighted by Gasteiger charge is -2.36. The molecule has 0 saturated carbocycles. The molecule has 268 valence electrons. The smallest absolute Gasteiger partial charge is 0.417 e. The highest BCUT2D eigenvalue weighted by atomic mass is 19.4. The van der Waals surface area contributed by atoms with Crippen molar-refractivity contribution >= 4 is 29.5 Å². The molecule has 4 amide bonds. The highest BCUT2D eigenvalue weighted by Crippen LogP contribution is 2.49. The van der Waals surface area contributed by atoms with Gasteiger partial charge in [0.25, 0.3) is 5.91 Å². The number of ether oxygens (including phenoxy) is 3. The first-order valence-electron chi connectivity index (χ1n) is 16.4. The Hall–Kier alpha value is -3.75. The van der Waals surface area contributed by atoms with E-state index in [1.165, 1.54) is 11.0 Å². The first-order valence-corrected chi connectivity index (χ1v) is 16.4. The van der Waals surface area contributed by atoms with Crippen LogP contribution < -0.4 is 25.6 Å². The van der Waals surface area contributed by atoms with E-state index in [0.717, 1.165) is 6.07 Å². The van der Waals surface area contributed by atoms with Crippen LogP contribution in [-0.4, -0.2) is 90.5 Å². The summed E-state index contributed by atoms with van der Waals surface area (Å²) in [5, 5.41) is 8.12. The summed E-state index contributed by atoms with van der Waals surface area (Å²) in [6.07, 6.45) is -5.38. The number of hydrogen-bond donors (Lipinski definition) is 3. The molecule has 4 rings (SSSR count). The van der Waals surface area contributed by atoms with Gasteiger partial charge in [0.2, 0.25) is 11.8 Å². The van der Waals surface area contributed by atoms with Crippen molar-refractivity contribution in [2.24, 2.45) is 5.92 Å². The van der Waals surface area contributed by atoms with Gasteiger partial charge in [0.1, 0.15) is 29.1 Å². The Labute approximate surface area is 279 Å². The Morgan fingerprint density at radius 3 is 2.42 bits per heavy atom. The van der Waals surface area contributed by atoms with Crippen LogP contribution >= 0.6 is 0 Å². The molecule has 1 aromatic rings. The highest BCUT2D eigenvalue weighted by Gasteiger charge is 2.57. The number of fused-ring (bicyclic) bond motifs is 2. The minimum Gasteiger partial charge on any atom is -0.483 e. The maximum absolute atomic E-state index is 14.5. The number of nitrogens with one attached hydrogen (secondary N) is 3. The molecular formula is C33H48F3N5O7. The number of nitrogens with zero attached hydrogens (tertiary/aromatic N) is 2. The fraction of sp³-hybridized carbons (Fsp3) is 0.697. The van der Waals surface area contributed by atoms with Gasteiger partial charge in [-0.25, -0.2) is 4.79 Å². The number of likely N-dealkylation sites (tertiary alicyclic amines) is 1. The lowest BCUT2D eigenvalue weighted by atomic mass is 9.99. The van der Waals surface area contributed by atoms with Crippen LogP contribution in [0.25, 0.3) is 0 Å². The third-order valence-electron chi connectivity index (χ3n) is 8.46. The number of epoxide rings is 1. The number of amides is 4. The zero-order valence-corrected chi connectivity index (χ0v) is 28.9. The molecule has 2 fully saturated rings. The molecule has 15 heteroatoms. The van der Waals surface area contributed by atoms with Gasteiger partial charge in [0.15, 0.2) is 6.23 Å². The monoisotopic (exact) mass is 683 g/mol. The van der Waals surface area contributed by atoms with Crippen molar-refractivity contribution < 1.29 is 46.6 Å². The first kappa shape index (κ1) is 37.1. The summed E-state index contributed by atoms with van der Waals surface area (Å²) in [6.45, 7) is 14.7. The third kappa shape index (κ3) is 8.83. The van der Waals surface area contributed by atoms with E-state index in [1.54, 1.807) is 60.3 Å². The molecule has 48 heavy (non-hydrogen) atoms. The normalized spacial score (nSPS) is 22.4. The number of piperidine rings is 1. The summed E-state index contributed by atoms with van der Waals surface area (Å²) >= 11 is 0. The highest BCUT2D eigenvalue weighted by molar-refractivity contribution is 5.98. The topological polar surface area (TPSA) is 142 Å². The predicted octanol–water partition coefficient (Wildman–Crippen LogP) is 4.20. The summed E-state index contributed by atoms with van der Waals surface area (Å²) in [7, 11) is 0. The molecule has 3 aliphatic rings. The molecule has 2 saturated heterocycles. The number of carbonyl (C=O) groups is 4. The molecule has 3 heterocycles. The van der Waals surface area contributed by atoms with Crippen LogP contribution in [0.2, 0.25) is 0 Å². The number of alkyl carbamates (subject to hydrolysis) is 1. The Balaban J connectivity index is 1.57. The van der Waals surface area contributed by atoms with Gasteiger partial charge in [0.05, 0.1) is 16.8 Å². The number of carbonyl (C=O) groups excluding carboxylic acids is 4. The van der Waals surface area contributed by atoms with Gasteiger partial charge in [-0.05, 0) is 65.5 Å². The summed E-state index contributed by atoms with van der Waals surface area (Å²) < 4.78 is 60.7. The van der Waals surface area contributed by atoms with E-state index in [4.69, 9.17) is 14.2 Å². The SMILES string of the molecule is CCC(=O)NCCN1c2cc(C(=O)N[C@@H]3CCCN(C(=O)[C@@H](NC(=O)OC(C)(C)C)C(C)C)C3)c(C(F)(F)F)cc2OC(C)(C)C2OC21. The van der Waals surface area contributed by atoms with E-state index < -0.39 is 64.9 Å². The molecule has 0 aliphatic carbocycles. The second kappa shape index (κ2) is 14.0. The summed E-state index contributed by atoms with van der Waals surface area (Å²) in [6, 6.07) is 0.471. The number of rotatable bonds is 9. The first-order chi connectivity index (χ1) is 22.2. The zero-order valence-electron chi connectivity index (χ0n) is 28.9. The molecule has 12 nitrogen and oxygen atoms in total. The van der Waals surface area contributed by atoms with Crippen molar-refractivity contribution in [2.75, 3.05) is 31.1 Å². The Morgan fingerprint density at radius 2 is 1.81 bits per heavy atom. The minimum atomic E-state index is -4.88. The summed E-state index contributed by atoms with van der Waals surface area (Å²) in [5.74, 6) is -1.83. The minimum absolute atomic E-state index is 0.0480. The lowest BCUT2D eigenvalue weighted by Crippen LogP contribution is -2.57. The van der Waals surface area contributed by atoms with Gasteiger partial charge in [0, 0.05) is 38.6 Å². The fourth-order valence-electron chi connectivity index (χ4n) is 6.02. The van der Waals surface area contributed by atoms with Gasteiger partial charge >= 0.3 is 12.3 Å². The molecule has 1 aromatic carbocycles. The van der Waals surface area contributed by atoms with Gasteiger partial charge < -0.3 is 40.0 Å². The Bertz CT molecular complexity index is 1390. The molecule has 3 N–H and O–H groups in total. The third-order valence-corrected chi connectivity index (χ3v) is 8.46. The number of halogens is 3. The molecule has 0 bridgehead atoms. The summed E-state index contributed by atoms with van der Waals surface area (Å²) in [4.78, 5) is 54.8. The van der Waals surface area contributed by atoms with Crippen molar-refractivity contribution in [3.05, 3.63) is 23.3 Å². The van der Waals surface area contributed by atoms with Gasteiger partial charge in [-0.15, -0.1) is 0 Å². The van der Waals surface area contributed by atoms with E-state index in [1.807, 2.05) is 0 Å². The van der Waals surface area contributed by atoms with Crippen LogP contribution in [0.4, 0.5) is 23.7 Å². The van der Waals surface area contributed by atoms with E-state index >= 15 is 0 Å². The van der Waals surface area contributed by atoms with Crippen molar-refractivity contribution in [3.8, 4) is 5.75 Å². The van der Waals surface area contributed by atoms with Crippen molar-refractivity contribution in [2.45, 2.75) is 116 Å². The maximum atomic E-state index is 14.5. The zero-order chi connectivity index (χ0) is 35.8. The van der Waals surface area contributed by atoms with E-state index in [9.17, 15) is 32.3 Å². The number of alkyl halides is 3. The standard InChI is InChI=1S/C33H48F3N5O7/c1-9-24(42)37-12-14-41-22-15-20(21(33(34,35)36)16-23(22)47-32(7,8)26-29(41)46-26)27(43)38-19-11-10-13-40(17-19)28(44)25(18(2)3)39-30(45)48-31(4,5)6/h15-16,18-19,25-26,29H,9-14,17H2,1-8H3,(H,37,42)(H,38,43)(H,39,45)/t19-,25+,26?,29?/m1/s1. The van der Waals surface area contributed by atoms with E-state index in [2.05, 4.69) is 16.0 Å². The largest absolute Gasteiger partial charge is 0.483 e. The second-order valence-electron chi connectivity index (χ2n) is 14.4. The lowest BCUT2D eigenvalue weighted by molar-refractivity contribution is -0.138. The van der Waals surface area contributed by atoms with Crippen molar-refractivity contribution in [1.29, 1.82) is 0 Å². The summed E-state index contributed by atoms with van der Waals surface area (Å²) in [5.41, 5.74) is -3.24. The van der Waals surface area contributed by atoms with Gasteiger partial charge in [-0.1, -0.05) is 20.8 Å². The molecule has 0 radical (unpaired) electrons. The maximum Gasteiger partial charge on any atom is 0.417 e. The average Bonchev–Trinajstić information content (AvgIpc) is 3.78. The number of hydrogen-bond acceptors (Lipinski definition) is 8. The Morgan fingerprint density at radius 1 is 1.12 bits per heavy atom. The quantitative estimate of drug-likeness (QED) is 0.329. The number of benzene rings is 1. The van der Waals surface area contributed by atoms with Crippen LogP contribution in [0.15, 0.2) is 12.1 Å². The van der Waals surface area contributed by atoms with E-state index in [0.29, 0.717) is 19.4 Å². The van der Waals surface area contributed by atoms with Crippen LogP contribution in [0, 0.1) is 5.92 Å². The molecule has 2 unspecified atom stereocenters. The van der Waals surface area contributed by atoms with E-state index in [-0.39, 0.29) is 55.2 Å². The second-order valence-corrected chi connectivity index (χ2v) is 14.4. The Kier molecular flexibility index (Phi) is 10.8. The molecular weight excluding hydrogens is 635 g/mol. The van der Waals surface area contributed by atoms with Crippen LogP contribution in [0.1, 0.15) is 90.6 Å². The molecule has 0 spiro atoms. The molecule has 3 aliphatic heterocycles. The van der Waals surface area contributed by atoms with Crippen LogP contribution in [-0.2, 0) is 25.2 Å².